The smallest absolute Gasteiger partial charge is 0.342 e. The topological polar surface area (TPSA) is 488 Å². The second-order valence-electron chi connectivity index (χ2n) is 32.9. The van der Waals surface area contributed by atoms with E-state index in [1.165, 1.54) is 38.5 Å². The molecule has 0 aliphatic carbocycles. The SMILES string of the molecule is CCCCCC(O)CC(O)CC1Cc2cc3cc(CO)c(-c4c(OC)cc5cc6c(c(O)c5c4O)C(=O)OC(CC(O)CC(O)CCCCC)C6)c(O)c3c(O)c2C(=O)O1.CCCCCC(O)CC(O)CC1Cc2cc3cc(CO)c(-c4c(OC)cc5cc6c(c(O)c5c4O)C(=O)OC(CC(O)CC(O)CCCCC)C6)c(O)c3c(O)c2C(=O)O1. The van der Waals surface area contributed by atoms with Gasteiger partial charge in [-0.1, -0.05) is 105 Å². The normalized spacial score (nSPS) is 18.4. The summed E-state index contributed by atoms with van der Waals surface area (Å²) in [6.07, 6.45) is 5.18. The zero-order valence-electron chi connectivity index (χ0n) is 68.9. The van der Waals surface area contributed by atoms with E-state index in [0.717, 1.165) is 77.0 Å². The Bertz CT molecular complexity index is 4430. The molecule has 4 aliphatic rings. The molecule has 4 heterocycles. The van der Waals surface area contributed by atoms with Gasteiger partial charge in [0.1, 0.15) is 104 Å². The standard InChI is InChI=1S/2C46H58O14/c2*1-4-6-8-10-28(48)18-30(50)20-32-15-24-12-23-14-27(22-47)35(41(52)36(23)42(53)38(24)45(56)59-32)40-34(58-3)17-26-13-25-16-33(21-31(51)19-29(49)11-9-7-5-2)60-46(57)39(25)43(54)37(26)44(40)55/h2*12-14,17,28-33,47-55H,4-11,15-16,18-22H2,1-3H3. The predicted molar refractivity (Wildman–Crippen MR) is 445 cm³/mol. The van der Waals surface area contributed by atoms with E-state index in [9.17, 15) is 111 Å². The molecule has 0 bridgehead atoms. The van der Waals surface area contributed by atoms with E-state index in [2.05, 4.69) is 27.7 Å². The van der Waals surface area contributed by atoms with Crippen LogP contribution in [0.15, 0.2) is 48.5 Å². The Kier molecular flexibility index (Phi) is 30.6. The van der Waals surface area contributed by atoms with Crippen LogP contribution in [0.25, 0.3) is 65.3 Å². The van der Waals surface area contributed by atoms with E-state index >= 15 is 0 Å². The molecule has 28 heteroatoms. The van der Waals surface area contributed by atoms with Gasteiger partial charge in [-0.25, -0.2) is 19.2 Å². The predicted octanol–water partition coefficient (Wildman–Crippen LogP) is 12.6. The highest BCUT2D eigenvalue weighted by atomic mass is 16.6. The number of fused-ring (bicyclic) bond motifs is 8. The first-order chi connectivity index (χ1) is 57.4. The van der Waals surface area contributed by atoms with E-state index in [4.69, 9.17) is 28.4 Å². The molecule has 0 amide bonds. The molecule has 18 N–H and O–H groups in total. The number of rotatable bonds is 38. The fourth-order valence-corrected chi connectivity index (χ4v) is 17.9. The van der Waals surface area contributed by atoms with Crippen molar-refractivity contribution in [2.24, 2.45) is 0 Å². The van der Waals surface area contributed by atoms with Gasteiger partial charge < -0.3 is 120 Å². The van der Waals surface area contributed by atoms with Crippen molar-refractivity contribution >= 4 is 67.0 Å². The Morgan fingerprint density at radius 2 is 0.525 bits per heavy atom. The molecular weight excluding hydrogens is 1550 g/mol. The number of aliphatic hydroxyl groups is 10. The summed E-state index contributed by atoms with van der Waals surface area (Å²) in [5.74, 6) is -8.42. The van der Waals surface area contributed by atoms with Gasteiger partial charge in [0.2, 0.25) is 0 Å². The van der Waals surface area contributed by atoms with Crippen LogP contribution in [0.1, 0.15) is 257 Å². The van der Waals surface area contributed by atoms with Crippen LogP contribution >= 0.6 is 0 Å². The number of cyclic esters (lactones) is 4. The number of carbonyl (C=O) groups is 4. The summed E-state index contributed by atoms with van der Waals surface area (Å²) < 4.78 is 33.8. The molecule has 0 spiro atoms. The first kappa shape index (κ1) is 91.0. The number of unbranched alkanes of at least 4 members (excludes halogenated alkanes) is 8. The number of hydrogen-bond donors (Lipinski definition) is 18. The second-order valence-corrected chi connectivity index (χ2v) is 32.9. The van der Waals surface area contributed by atoms with Crippen molar-refractivity contribution in [3.63, 3.8) is 0 Å². The lowest BCUT2D eigenvalue weighted by Crippen LogP contribution is -2.32. The molecule has 8 aromatic carbocycles. The third kappa shape index (κ3) is 19.9. The van der Waals surface area contributed by atoms with Crippen molar-refractivity contribution < 1.29 is 140 Å². The van der Waals surface area contributed by atoms with Crippen molar-refractivity contribution in [2.75, 3.05) is 14.2 Å². The average molecular weight is 1670 g/mol. The molecule has 28 nitrogen and oxygen atoms in total. The number of aromatic hydroxyl groups is 8. The van der Waals surface area contributed by atoms with Crippen molar-refractivity contribution in [3.05, 3.63) is 104 Å². The average Bonchev–Trinajstić information content (AvgIpc) is 0.729. The fraction of sp³-hybridized carbons (Fsp3) is 0.522. The van der Waals surface area contributed by atoms with Crippen LogP contribution in [0.2, 0.25) is 0 Å². The van der Waals surface area contributed by atoms with Crippen LogP contribution in [0.4, 0.5) is 0 Å². The van der Waals surface area contributed by atoms with E-state index in [1.807, 2.05) is 0 Å². The minimum Gasteiger partial charge on any atom is -0.506 e. The highest BCUT2D eigenvalue weighted by Crippen LogP contribution is 2.57. The van der Waals surface area contributed by atoms with Crippen molar-refractivity contribution in [3.8, 4) is 79.7 Å². The molecule has 0 saturated heterocycles. The quantitative estimate of drug-likeness (QED) is 0.00971. The number of benzene rings is 8. The zero-order chi connectivity index (χ0) is 86.8. The van der Waals surface area contributed by atoms with Crippen LogP contribution in [0.5, 0.6) is 57.5 Å². The van der Waals surface area contributed by atoms with Gasteiger partial charge in [0, 0.05) is 62.5 Å². The number of hydrogen-bond acceptors (Lipinski definition) is 28. The molecule has 652 valence electrons. The lowest BCUT2D eigenvalue weighted by atomic mass is 9.86. The minimum atomic E-state index is -0.940. The van der Waals surface area contributed by atoms with Gasteiger partial charge in [0.15, 0.2) is 0 Å². The third-order valence-corrected chi connectivity index (χ3v) is 23.8. The van der Waals surface area contributed by atoms with Crippen molar-refractivity contribution in [1.82, 2.24) is 0 Å². The molecule has 12 atom stereocenters. The molecule has 120 heavy (non-hydrogen) atoms. The highest BCUT2D eigenvalue weighted by Gasteiger charge is 2.41. The summed E-state index contributed by atoms with van der Waals surface area (Å²) in [5.41, 5.74) is 0.241. The minimum absolute atomic E-state index is 0.000130. The zero-order valence-corrected chi connectivity index (χ0v) is 68.9. The number of aliphatic hydroxyl groups excluding tert-OH is 10. The Hall–Kier alpha value is -9.72. The van der Waals surface area contributed by atoms with E-state index in [0.29, 0.717) is 47.9 Å². The number of phenols is 8. The maximum absolute atomic E-state index is 13.4. The van der Waals surface area contributed by atoms with Gasteiger partial charge in [0.25, 0.3) is 0 Å². The van der Waals surface area contributed by atoms with Gasteiger partial charge >= 0.3 is 23.9 Å². The summed E-state index contributed by atoms with van der Waals surface area (Å²) >= 11 is 0. The molecule has 12 rings (SSSR count). The van der Waals surface area contributed by atoms with E-state index in [-0.39, 0.29) is 187 Å². The van der Waals surface area contributed by atoms with Crippen LogP contribution in [-0.2, 0) is 57.8 Å². The Morgan fingerprint density at radius 1 is 0.308 bits per heavy atom. The molecule has 8 aromatic rings. The lowest BCUT2D eigenvalue weighted by Gasteiger charge is -2.29. The van der Waals surface area contributed by atoms with Crippen molar-refractivity contribution in [2.45, 2.75) is 294 Å². The van der Waals surface area contributed by atoms with Crippen molar-refractivity contribution in [1.29, 1.82) is 0 Å². The van der Waals surface area contributed by atoms with Crippen LogP contribution in [-0.4, -0.2) is 203 Å². The number of carbonyl (C=O) groups excluding carboxylic acids is 4. The summed E-state index contributed by atoms with van der Waals surface area (Å²) in [4.78, 5) is 53.6. The second kappa shape index (κ2) is 40.3. The molecule has 0 saturated carbocycles. The van der Waals surface area contributed by atoms with E-state index < -0.39 is 156 Å². The fourth-order valence-electron chi connectivity index (χ4n) is 17.9. The largest absolute Gasteiger partial charge is 0.506 e. The van der Waals surface area contributed by atoms with Crippen LogP contribution in [0.3, 0.4) is 0 Å². The first-order valence-corrected chi connectivity index (χ1v) is 42.2. The van der Waals surface area contributed by atoms with Gasteiger partial charge in [-0.15, -0.1) is 0 Å². The molecule has 4 aliphatic heterocycles. The maximum Gasteiger partial charge on any atom is 0.342 e. The van der Waals surface area contributed by atoms with Crippen LogP contribution in [0, 0.1) is 0 Å². The molecule has 0 radical (unpaired) electrons. The summed E-state index contributed by atoms with van der Waals surface area (Å²) in [5, 5.41) is 200. The highest BCUT2D eigenvalue weighted by molar-refractivity contribution is 6.15. The lowest BCUT2D eigenvalue weighted by molar-refractivity contribution is -0.000831. The Morgan fingerprint density at radius 3 is 0.742 bits per heavy atom. The van der Waals surface area contributed by atoms with Gasteiger partial charge in [0.05, 0.1) is 109 Å². The Labute approximate surface area is 695 Å². The molecule has 12 unspecified atom stereocenters. The molecule has 0 aromatic heterocycles. The maximum atomic E-state index is 13.4. The van der Waals surface area contributed by atoms with Gasteiger partial charge in [-0.3, -0.25) is 0 Å². The monoisotopic (exact) mass is 1670 g/mol. The molecular formula is C92H116O28. The summed E-state index contributed by atoms with van der Waals surface area (Å²) in [7, 11) is 2.63. The number of esters is 4. The summed E-state index contributed by atoms with van der Waals surface area (Å²) in [6.45, 7) is 6.91. The van der Waals surface area contributed by atoms with Gasteiger partial charge in [-0.05, 0) is 155 Å². The number of phenolic OH excluding ortho intramolecular Hbond substituents is 8. The Balaban J connectivity index is 0.000000235. The van der Waals surface area contributed by atoms with Crippen LogP contribution < -0.4 is 9.47 Å². The third-order valence-electron chi connectivity index (χ3n) is 23.8. The summed E-state index contributed by atoms with van der Waals surface area (Å²) in [6, 6.07) is 12.3. The number of ether oxygens (including phenoxy) is 6. The molecule has 0 fully saturated rings. The number of methoxy groups -OCH3 is 2. The first-order valence-electron chi connectivity index (χ1n) is 42.2. The van der Waals surface area contributed by atoms with Gasteiger partial charge in [-0.2, -0.15) is 0 Å². The van der Waals surface area contributed by atoms with E-state index in [1.54, 1.807) is 24.3 Å².